The number of carbonyl (C=O) groups excluding carboxylic acids is 1. The highest BCUT2D eigenvalue weighted by Crippen LogP contribution is 2.27. The first-order valence-electron chi connectivity index (χ1n) is 6.93. The summed E-state index contributed by atoms with van der Waals surface area (Å²) in [7, 11) is 0. The van der Waals surface area contributed by atoms with Crippen LogP contribution in [0.3, 0.4) is 0 Å². The number of anilines is 1. The van der Waals surface area contributed by atoms with Gasteiger partial charge in [-0.25, -0.2) is 0 Å². The second-order valence-electron chi connectivity index (χ2n) is 5.03. The molecule has 0 bridgehead atoms. The lowest BCUT2D eigenvalue weighted by Gasteiger charge is -2.11. The predicted molar refractivity (Wildman–Crippen MR) is 76.6 cm³/mol. The first kappa shape index (κ1) is 13.9. The van der Waals surface area contributed by atoms with Gasteiger partial charge in [0.2, 0.25) is 5.91 Å². The zero-order chi connectivity index (χ0) is 13.7. The van der Waals surface area contributed by atoms with E-state index in [4.69, 9.17) is 4.74 Å². The summed E-state index contributed by atoms with van der Waals surface area (Å²) in [6.07, 6.45) is 2.60. The van der Waals surface area contributed by atoms with Gasteiger partial charge in [-0.3, -0.25) is 4.79 Å². The molecule has 1 saturated carbocycles. The molecule has 2 rings (SSSR count). The largest absolute Gasteiger partial charge is 0.494 e. The van der Waals surface area contributed by atoms with Crippen molar-refractivity contribution in [1.29, 1.82) is 0 Å². The van der Waals surface area contributed by atoms with Crippen LogP contribution in [0.2, 0.25) is 0 Å². The summed E-state index contributed by atoms with van der Waals surface area (Å²) in [5.74, 6) is 1.64. The molecule has 0 radical (unpaired) electrons. The minimum atomic E-state index is 0.00732. The Morgan fingerprint density at radius 1 is 1.42 bits per heavy atom. The quantitative estimate of drug-likeness (QED) is 0.793. The molecule has 4 heteroatoms. The van der Waals surface area contributed by atoms with Crippen LogP contribution in [0.25, 0.3) is 0 Å². The zero-order valence-corrected chi connectivity index (χ0v) is 11.7. The molecule has 104 valence electrons. The van der Waals surface area contributed by atoms with E-state index in [0.717, 1.165) is 29.5 Å². The van der Waals surface area contributed by atoms with Crippen molar-refractivity contribution >= 4 is 11.6 Å². The van der Waals surface area contributed by atoms with E-state index in [1.54, 1.807) is 0 Å². The highest BCUT2D eigenvalue weighted by molar-refractivity contribution is 5.93. The molecular formula is C15H22N2O2. The fraction of sp³-hybridized carbons (Fsp3) is 0.533. The molecule has 1 aromatic rings. The molecule has 1 amide bonds. The third-order valence-electron chi connectivity index (χ3n) is 3.20. The lowest BCUT2D eigenvalue weighted by molar-refractivity contribution is -0.115. The number of benzene rings is 1. The first-order chi connectivity index (χ1) is 9.19. The monoisotopic (exact) mass is 262 g/mol. The van der Waals surface area contributed by atoms with Crippen molar-refractivity contribution in [3.63, 3.8) is 0 Å². The van der Waals surface area contributed by atoms with Gasteiger partial charge in [0.1, 0.15) is 5.75 Å². The Balaban J connectivity index is 1.81. The number of nitrogens with one attached hydrogen (secondary N) is 2. The maximum Gasteiger partial charge on any atom is 0.238 e. The summed E-state index contributed by atoms with van der Waals surface area (Å²) >= 11 is 0. The van der Waals surface area contributed by atoms with Crippen LogP contribution in [-0.4, -0.2) is 25.6 Å². The molecular weight excluding hydrogens is 240 g/mol. The van der Waals surface area contributed by atoms with Crippen LogP contribution in [0.1, 0.15) is 25.3 Å². The maximum atomic E-state index is 11.8. The van der Waals surface area contributed by atoms with E-state index in [-0.39, 0.29) is 5.91 Å². The molecule has 2 N–H and O–H groups in total. The van der Waals surface area contributed by atoms with Gasteiger partial charge in [0.25, 0.3) is 0 Å². The van der Waals surface area contributed by atoms with E-state index in [9.17, 15) is 4.79 Å². The standard InChI is InChI=1S/C15H22N2O2/c1-3-19-13-6-7-14(11(2)8-13)17-15(18)10-16-9-12-4-5-12/h6-8,12,16H,3-5,9-10H2,1-2H3,(H,17,18). The van der Waals surface area contributed by atoms with Crippen LogP contribution in [0.5, 0.6) is 5.75 Å². The molecule has 0 aliphatic heterocycles. The molecule has 0 unspecified atom stereocenters. The fourth-order valence-corrected chi connectivity index (χ4v) is 1.94. The summed E-state index contributed by atoms with van der Waals surface area (Å²) in [5.41, 5.74) is 1.86. The Kier molecular flexibility index (Phi) is 4.80. The Bertz CT molecular complexity index is 442. The van der Waals surface area contributed by atoms with Crippen molar-refractivity contribution in [3.05, 3.63) is 23.8 Å². The second-order valence-corrected chi connectivity index (χ2v) is 5.03. The molecule has 0 atom stereocenters. The topological polar surface area (TPSA) is 50.4 Å². The number of carbonyl (C=O) groups is 1. The van der Waals surface area contributed by atoms with Gasteiger partial charge in [0, 0.05) is 5.69 Å². The van der Waals surface area contributed by atoms with Crippen LogP contribution >= 0.6 is 0 Å². The number of rotatable bonds is 7. The Morgan fingerprint density at radius 3 is 2.84 bits per heavy atom. The van der Waals surface area contributed by atoms with Gasteiger partial charge in [-0.15, -0.1) is 0 Å². The maximum absolute atomic E-state index is 11.8. The van der Waals surface area contributed by atoms with Crippen LogP contribution in [0, 0.1) is 12.8 Å². The number of amides is 1. The van der Waals surface area contributed by atoms with Crippen molar-refractivity contribution in [1.82, 2.24) is 5.32 Å². The average molecular weight is 262 g/mol. The van der Waals surface area contributed by atoms with E-state index < -0.39 is 0 Å². The zero-order valence-electron chi connectivity index (χ0n) is 11.7. The van der Waals surface area contributed by atoms with Crippen molar-refractivity contribution in [3.8, 4) is 5.75 Å². The molecule has 0 spiro atoms. The van der Waals surface area contributed by atoms with E-state index in [0.29, 0.717) is 13.2 Å². The first-order valence-corrected chi connectivity index (χ1v) is 6.93. The van der Waals surface area contributed by atoms with Gasteiger partial charge in [-0.1, -0.05) is 0 Å². The Labute approximate surface area is 114 Å². The minimum Gasteiger partial charge on any atom is -0.494 e. The Hall–Kier alpha value is -1.55. The van der Waals surface area contributed by atoms with Crippen molar-refractivity contribution < 1.29 is 9.53 Å². The van der Waals surface area contributed by atoms with Crippen molar-refractivity contribution in [2.24, 2.45) is 5.92 Å². The van der Waals surface area contributed by atoms with Crippen LogP contribution in [0.4, 0.5) is 5.69 Å². The predicted octanol–water partition coefficient (Wildman–Crippen LogP) is 2.33. The summed E-state index contributed by atoms with van der Waals surface area (Å²) in [6, 6.07) is 5.71. The van der Waals surface area contributed by atoms with Gasteiger partial charge in [0.15, 0.2) is 0 Å². The van der Waals surface area contributed by atoms with Crippen molar-refractivity contribution in [2.75, 3.05) is 25.0 Å². The molecule has 1 aliphatic carbocycles. The highest BCUT2D eigenvalue weighted by Gasteiger charge is 2.20. The normalized spacial score (nSPS) is 14.2. The van der Waals surface area contributed by atoms with E-state index in [1.165, 1.54) is 12.8 Å². The smallest absolute Gasteiger partial charge is 0.238 e. The number of hydrogen-bond acceptors (Lipinski definition) is 3. The van der Waals surface area contributed by atoms with Crippen LogP contribution in [-0.2, 0) is 4.79 Å². The third-order valence-corrected chi connectivity index (χ3v) is 3.20. The average Bonchev–Trinajstić information content (AvgIpc) is 3.17. The van der Waals surface area contributed by atoms with E-state index in [1.807, 2.05) is 32.0 Å². The van der Waals surface area contributed by atoms with E-state index >= 15 is 0 Å². The summed E-state index contributed by atoms with van der Waals surface area (Å²) in [5, 5.41) is 6.10. The second kappa shape index (κ2) is 6.57. The molecule has 4 nitrogen and oxygen atoms in total. The molecule has 1 aliphatic rings. The molecule has 19 heavy (non-hydrogen) atoms. The van der Waals surface area contributed by atoms with Gasteiger partial charge in [-0.2, -0.15) is 0 Å². The van der Waals surface area contributed by atoms with Gasteiger partial charge < -0.3 is 15.4 Å². The van der Waals surface area contributed by atoms with Gasteiger partial charge >= 0.3 is 0 Å². The molecule has 0 saturated heterocycles. The van der Waals surface area contributed by atoms with Gasteiger partial charge in [-0.05, 0) is 62.9 Å². The molecule has 1 fully saturated rings. The lowest BCUT2D eigenvalue weighted by Crippen LogP contribution is -2.29. The van der Waals surface area contributed by atoms with Crippen LogP contribution < -0.4 is 15.4 Å². The number of aryl methyl sites for hydroxylation is 1. The molecule has 0 heterocycles. The Morgan fingerprint density at radius 2 is 2.21 bits per heavy atom. The highest BCUT2D eigenvalue weighted by atomic mass is 16.5. The SMILES string of the molecule is CCOc1ccc(NC(=O)CNCC2CC2)c(C)c1. The summed E-state index contributed by atoms with van der Waals surface area (Å²) in [6.45, 7) is 5.90. The van der Waals surface area contributed by atoms with Gasteiger partial charge in [0.05, 0.1) is 13.2 Å². The van der Waals surface area contributed by atoms with Crippen LogP contribution in [0.15, 0.2) is 18.2 Å². The fourth-order valence-electron chi connectivity index (χ4n) is 1.94. The summed E-state index contributed by atoms with van der Waals surface area (Å²) < 4.78 is 5.42. The minimum absolute atomic E-state index is 0.00732. The number of ether oxygens (including phenoxy) is 1. The molecule has 0 aromatic heterocycles. The lowest BCUT2D eigenvalue weighted by atomic mass is 10.2. The van der Waals surface area contributed by atoms with Crippen molar-refractivity contribution in [2.45, 2.75) is 26.7 Å². The third kappa shape index (κ3) is 4.56. The van der Waals surface area contributed by atoms with E-state index in [2.05, 4.69) is 10.6 Å². The molecule has 1 aromatic carbocycles. The number of hydrogen-bond donors (Lipinski definition) is 2. The summed E-state index contributed by atoms with van der Waals surface area (Å²) in [4.78, 5) is 11.8.